The second-order valence-corrected chi connectivity index (χ2v) is 4.94. The van der Waals surface area contributed by atoms with Gasteiger partial charge in [0.05, 0.1) is 0 Å². The summed E-state index contributed by atoms with van der Waals surface area (Å²) in [4.78, 5) is 0. The van der Waals surface area contributed by atoms with Gasteiger partial charge in [-0.15, -0.1) is 0 Å². The van der Waals surface area contributed by atoms with Crippen LogP contribution < -0.4 is 0 Å². The number of hydrogen-bond acceptors (Lipinski definition) is 1. The molecule has 0 aromatic carbocycles. The first-order chi connectivity index (χ1) is 4.39. The van der Waals surface area contributed by atoms with Gasteiger partial charge in [-0.25, -0.2) is 0 Å². The van der Waals surface area contributed by atoms with Gasteiger partial charge in [0.2, 0.25) is 0 Å². The second-order valence-electron chi connectivity index (χ2n) is 3.54. The van der Waals surface area contributed by atoms with Gasteiger partial charge in [-0.3, -0.25) is 0 Å². The van der Waals surface area contributed by atoms with Crippen LogP contribution in [0.2, 0.25) is 0 Å². The Bertz CT molecular complexity index is 179. The number of rotatable bonds is 0. The highest BCUT2D eigenvalue weighted by Gasteiger charge is 2.56. The quantitative estimate of drug-likeness (QED) is 0.365. The highest BCUT2D eigenvalue weighted by Crippen LogP contribution is 2.63. The van der Waals surface area contributed by atoms with Gasteiger partial charge in [-0.1, -0.05) is 12.2 Å². The molecular formula is C8H10S. The van der Waals surface area contributed by atoms with E-state index in [0.29, 0.717) is 0 Å². The molecule has 0 radical (unpaired) electrons. The van der Waals surface area contributed by atoms with Gasteiger partial charge < -0.3 is 0 Å². The Hall–Kier alpha value is 0.0900. The fraction of sp³-hybridized carbons (Fsp3) is 0.750. The van der Waals surface area contributed by atoms with Crippen molar-refractivity contribution in [1.82, 2.24) is 0 Å². The average Bonchev–Trinajstić information content (AvgIpc) is 2.40. The van der Waals surface area contributed by atoms with Crippen molar-refractivity contribution in [3.05, 3.63) is 12.2 Å². The molecule has 2 fully saturated rings. The highest BCUT2D eigenvalue weighted by atomic mass is 32.2. The summed E-state index contributed by atoms with van der Waals surface area (Å²) in [5.41, 5.74) is 0. The summed E-state index contributed by atoms with van der Waals surface area (Å²) in [6.07, 6.45) is 7.86. The van der Waals surface area contributed by atoms with E-state index in [2.05, 4.69) is 23.9 Å². The van der Waals surface area contributed by atoms with Gasteiger partial charge in [0.1, 0.15) is 0 Å². The van der Waals surface area contributed by atoms with Crippen LogP contribution in [0.1, 0.15) is 12.8 Å². The van der Waals surface area contributed by atoms with Crippen molar-refractivity contribution >= 4 is 11.8 Å². The number of hydrogen-bond donors (Lipinski definition) is 0. The lowest BCUT2D eigenvalue weighted by atomic mass is 9.96. The van der Waals surface area contributed by atoms with Gasteiger partial charge in [-0.05, 0) is 24.7 Å². The van der Waals surface area contributed by atoms with Crippen LogP contribution in [0.25, 0.3) is 0 Å². The van der Waals surface area contributed by atoms with Crippen LogP contribution in [-0.2, 0) is 0 Å². The minimum absolute atomic E-state index is 0.791. The van der Waals surface area contributed by atoms with Crippen molar-refractivity contribution in [2.45, 2.75) is 17.6 Å². The minimum Gasteiger partial charge on any atom is -0.152 e. The molecule has 1 spiro atoms. The lowest BCUT2D eigenvalue weighted by Gasteiger charge is -2.12. The van der Waals surface area contributed by atoms with Crippen LogP contribution in [0, 0.1) is 11.8 Å². The summed E-state index contributed by atoms with van der Waals surface area (Å²) in [6, 6.07) is 0. The van der Waals surface area contributed by atoms with Gasteiger partial charge in [0, 0.05) is 10.5 Å². The van der Waals surface area contributed by atoms with E-state index in [0.717, 1.165) is 16.6 Å². The molecule has 1 saturated carbocycles. The standard InChI is InChI=1S/C8H10S/c1-2-7-3-6(1)4-8(7)5-9-8/h1-2,6-7H,3-5H2. The van der Waals surface area contributed by atoms with E-state index >= 15 is 0 Å². The Morgan fingerprint density at radius 1 is 1.44 bits per heavy atom. The molecule has 48 valence electrons. The van der Waals surface area contributed by atoms with E-state index in [9.17, 15) is 0 Å². The molecule has 1 heterocycles. The molecule has 2 bridgehead atoms. The summed E-state index contributed by atoms with van der Waals surface area (Å²) < 4.78 is 0.791. The molecule has 0 aromatic rings. The van der Waals surface area contributed by atoms with Crippen molar-refractivity contribution in [2.75, 3.05) is 5.75 Å². The molecule has 1 saturated heterocycles. The largest absolute Gasteiger partial charge is 0.152 e. The van der Waals surface area contributed by atoms with Crippen LogP contribution in [0.5, 0.6) is 0 Å². The lowest BCUT2D eigenvalue weighted by Crippen LogP contribution is -2.14. The maximum absolute atomic E-state index is 2.45. The minimum atomic E-state index is 0.791. The third-order valence-corrected chi connectivity index (χ3v) is 4.47. The highest BCUT2D eigenvalue weighted by molar-refractivity contribution is 8.07. The molecule has 1 aliphatic heterocycles. The van der Waals surface area contributed by atoms with Crippen molar-refractivity contribution in [2.24, 2.45) is 11.8 Å². The SMILES string of the molecule is C1=CC2CC1CC21CS1. The Morgan fingerprint density at radius 3 is 2.67 bits per heavy atom. The maximum atomic E-state index is 2.45. The first-order valence-corrected chi connectivity index (χ1v) is 4.70. The van der Waals surface area contributed by atoms with Gasteiger partial charge >= 0.3 is 0 Å². The predicted octanol–water partition coefficient (Wildman–Crippen LogP) is 2.07. The first kappa shape index (κ1) is 4.84. The third kappa shape index (κ3) is 0.477. The Labute approximate surface area is 59.7 Å². The normalized spacial score (nSPS) is 59.6. The molecule has 2 aliphatic carbocycles. The summed E-state index contributed by atoms with van der Waals surface area (Å²) in [7, 11) is 0. The molecule has 0 amide bonds. The molecule has 0 aromatic heterocycles. The molecule has 3 atom stereocenters. The molecule has 0 N–H and O–H groups in total. The maximum Gasteiger partial charge on any atom is 0.0319 e. The third-order valence-electron chi connectivity index (χ3n) is 2.97. The van der Waals surface area contributed by atoms with Crippen molar-refractivity contribution in [1.29, 1.82) is 0 Å². The number of fused-ring (bicyclic) bond motifs is 3. The topological polar surface area (TPSA) is 0 Å². The van der Waals surface area contributed by atoms with Crippen LogP contribution in [0.15, 0.2) is 12.2 Å². The molecule has 3 aliphatic rings. The summed E-state index contributed by atoms with van der Waals surface area (Å²) in [5.74, 6) is 3.41. The van der Waals surface area contributed by atoms with Crippen molar-refractivity contribution in [3.63, 3.8) is 0 Å². The van der Waals surface area contributed by atoms with Gasteiger partial charge in [0.15, 0.2) is 0 Å². The molecule has 3 rings (SSSR count). The zero-order valence-electron chi connectivity index (χ0n) is 5.34. The molecule has 3 unspecified atom stereocenters. The fourth-order valence-corrected chi connectivity index (χ4v) is 3.57. The van der Waals surface area contributed by atoms with E-state index in [-0.39, 0.29) is 0 Å². The fourth-order valence-electron chi connectivity index (χ4n) is 2.34. The Morgan fingerprint density at radius 2 is 2.33 bits per heavy atom. The Kier molecular flexibility index (Phi) is 0.668. The molecular weight excluding hydrogens is 128 g/mol. The summed E-state index contributed by atoms with van der Waals surface area (Å²) in [6.45, 7) is 0. The first-order valence-electron chi connectivity index (χ1n) is 3.71. The predicted molar refractivity (Wildman–Crippen MR) is 40.5 cm³/mol. The zero-order chi connectivity index (χ0) is 5.90. The van der Waals surface area contributed by atoms with E-state index in [1.165, 1.54) is 18.6 Å². The molecule has 0 nitrogen and oxygen atoms in total. The summed E-state index contributed by atoms with van der Waals surface area (Å²) >= 11 is 2.19. The van der Waals surface area contributed by atoms with E-state index in [1.807, 2.05) is 0 Å². The number of allylic oxidation sites excluding steroid dienone is 2. The van der Waals surface area contributed by atoms with E-state index < -0.39 is 0 Å². The van der Waals surface area contributed by atoms with Gasteiger partial charge in [0.25, 0.3) is 0 Å². The van der Waals surface area contributed by atoms with Crippen LogP contribution in [-0.4, -0.2) is 10.5 Å². The molecule has 1 heteroatoms. The van der Waals surface area contributed by atoms with Crippen molar-refractivity contribution < 1.29 is 0 Å². The van der Waals surface area contributed by atoms with Crippen LogP contribution in [0.4, 0.5) is 0 Å². The lowest BCUT2D eigenvalue weighted by molar-refractivity contribution is 0.607. The van der Waals surface area contributed by atoms with Gasteiger partial charge in [-0.2, -0.15) is 11.8 Å². The summed E-state index contributed by atoms with van der Waals surface area (Å²) in [5, 5.41) is 0. The second kappa shape index (κ2) is 1.24. The van der Waals surface area contributed by atoms with E-state index in [4.69, 9.17) is 0 Å². The zero-order valence-corrected chi connectivity index (χ0v) is 6.16. The molecule has 9 heavy (non-hydrogen) atoms. The van der Waals surface area contributed by atoms with Crippen LogP contribution >= 0.6 is 11.8 Å². The van der Waals surface area contributed by atoms with Crippen LogP contribution in [0.3, 0.4) is 0 Å². The smallest absolute Gasteiger partial charge is 0.0319 e. The monoisotopic (exact) mass is 138 g/mol. The van der Waals surface area contributed by atoms with Crippen molar-refractivity contribution in [3.8, 4) is 0 Å². The average molecular weight is 138 g/mol. The van der Waals surface area contributed by atoms with E-state index in [1.54, 1.807) is 0 Å². The Balaban J connectivity index is 2.05. The number of thioether (sulfide) groups is 1.